The van der Waals surface area contributed by atoms with Gasteiger partial charge in [0.25, 0.3) is 0 Å². The zero-order chi connectivity index (χ0) is 19.5. The van der Waals surface area contributed by atoms with Crippen LogP contribution < -0.4 is 10.7 Å². The van der Waals surface area contributed by atoms with Crippen molar-refractivity contribution in [2.24, 2.45) is 11.3 Å². The standard InChI is InChI=1S/C20H33NO.C2H6/c1-11-14-12-15(18(3,4)5)13(2)16(17(14)22-21)20(9,10)19(6,7)8;1-2/h11-12H,1,21H2,2-10H3;1-2H3. The Hall–Kier alpha value is -1.28. The fraction of sp³-hybridized carbons (Fsp3) is 0.636. The Morgan fingerprint density at radius 2 is 1.46 bits per heavy atom. The van der Waals surface area contributed by atoms with Gasteiger partial charge in [0.2, 0.25) is 0 Å². The zero-order valence-electron chi connectivity index (χ0n) is 17.8. The molecule has 0 fully saturated rings. The number of hydrogen-bond donors (Lipinski definition) is 1. The van der Waals surface area contributed by atoms with Crippen molar-refractivity contribution >= 4 is 6.08 Å². The summed E-state index contributed by atoms with van der Waals surface area (Å²) in [5.74, 6) is 6.40. The molecule has 1 aromatic rings. The summed E-state index contributed by atoms with van der Waals surface area (Å²) in [4.78, 5) is 5.33. The largest absolute Gasteiger partial charge is 0.411 e. The van der Waals surface area contributed by atoms with E-state index in [0.29, 0.717) is 0 Å². The van der Waals surface area contributed by atoms with Gasteiger partial charge in [-0.3, -0.25) is 0 Å². The quantitative estimate of drug-likeness (QED) is 0.637. The second kappa shape index (κ2) is 7.74. The van der Waals surface area contributed by atoms with Crippen LogP contribution in [0.2, 0.25) is 0 Å². The monoisotopic (exact) mass is 333 g/mol. The van der Waals surface area contributed by atoms with Gasteiger partial charge in [-0.2, -0.15) is 5.90 Å². The highest BCUT2D eigenvalue weighted by Crippen LogP contribution is 2.49. The highest BCUT2D eigenvalue weighted by atomic mass is 16.6. The topological polar surface area (TPSA) is 35.2 Å². The first-order valence-corrected chi connectivity index (χ1v) is 8.96. The Balaban J connectivity index is 0.00000254. The average Bonchev–Trinajstić information content (AvgIpc) is 2.45. The lowest BCUT2D eigenvalue weighted by Crippen LogP contribution is -2.36. The third-order valence-corrected chi connectivity index (χ3v) is 5.21. The maximum atomic E-state index is 5.65. The van der Waals surface area contributed by atoms with Gasteiger partial charge in [0.1, 0.15) is 0 Å². The van der Waals surface area contributed by atoms with Crippen LogP contribution >= 0.6 is 0 Å². The second-order valence-corrected chi connectivity index (χ2v) is 8.79. The summed E-state index contributed by atoms with van der Waals surface area (Å²) in [5, 5.41) is 0. The summed E-state index contributed by atoms with van der Waals surface area (Å²) in [5.41, 5.74) is 4.76. The van der Waals surface area contributed by atoms with Crippen LogP contribution in [0.15, 0.2) is 12.6 Å². The number of hydrogen-bond acceptors (Lipinski definition) is 2. The van der Waals surface area contributed by atoms with Crippen LogP contribution in [0.1, 0.15) is 91.5 Å². The van der Waals surface area contributed by atoms with E-state index in [4.69, 9.17) is 10.7 Å². The number of nitrogens with two attached hydrogens (primary N) is 1. The third kappa shape index (κ3) is 4.22. The first-order chi connectivity index (χ1) is 10.8. The Kier molecular flexibility index (Phi) is 7.32. The minimum Gasteiger partial charge on any atom is -0.411 e. The van der Waals surface area contributed by atoms with E-state index in [2.05, 4.69) is 75.0 Å². The molecule has 0 amide bonds. The minimum atomic E-state index is -0.0925. The van der Waals surface area contributed by atoms with Crippen molar-refractivity contribution in [3.63, 3.8) is 0 Å². The Bertz CT molecular complexity index is 569. The van der Waals surface area contributed by atoms with Gasteiger partial charge in [-0.05, 0) is 40.4 Å². The minimum absolute atomic E-state index is 0.0533. The van der Waals surface area contributed by atoms with Crippen molar-refractivity contribution in [2.75, 3.05) is 0 Å². The molecule has 0 heterocycles. The average molecular weight is 334 g/mol. The van der Waals surface area contributed by atoms with E-state index in [1.54, 1.807) is 0 Å². The van der Waals surface area contributed by atoms with E-state index in [9.17, 15) is 0 Å². The summed E-state index contributed by atoms with van der Waals surface area (Å²) in [6, 6.07) is 2.16. The van der Waals surface area contributed by atoms with E-state index < -0.39 is 0 Å². The van der Waals surface area contributed by atoms with E-state index in [1.807, 2.05) is 19.9 Å². The molecule has 0 atom stereocenters. The summed E-state index contributed by atoms with van der Waals surface area (Å²) in [7, 11) is 0. The van der Waals surface area contributed by atoms with Crippen LogP contribution in [0, 0.1) is 12.3 Å². The van der Waals surface area contributed by atoms with Gasteiger partial charge in [0, 0.05) is 11.1 Å². The molecule has 0 aliphatic rings. The van der Waals surface area contributed by atoms with E-state index >= 15 is 0 Å². The maximum Gasteiger partial charge on any atom is 0.158 e. The molecular weight excluding hydrogens is 294 g/mol. The molecule has 24 heavy (non-hydrogen) atoms. The van der Waals surface area contributed by atoms with Gasteiger partial charge in [-0.1, -0.05) is 81.9 Å². The molecule has 0 unspecified atom stereocenters. The first kappa shape index (κ1) is 22.7. The fourth-order valence-corrected chi connectivity index (χ4v) is 2.96. The van der Waals surface area contributed by atoms with Crippen LogP contribution in [0.5, 0.6) is 5.75 Å². The molecule has 0 aromatic heterocycles. The Morgan fingerprint density at radius 1 is 1.00 bits per heavy atom. The molecule has 0 bridgehead atoms. The number of rotatable bonds is 3. The molecule has 1 rings (SSSR count). The Morgan fingerprint density at radius 3 is 1.75 bits per heavy atom. The maximum absolute atomic E-state index is 5.65. The predicted octanol–water partition coefficient (Wildman–Crippen LogP) is 6.54. The highest BCUT2D eigenvalue weighted by molar-refractivity contribution is 5.65. The van der Waals surface area contributed by atoms with Gasteiger partial charge in [-0.25, -0.2) is 0 Å². The van der Waals surface area contributed by atoms with Gasteiger partial charge in [-0.15, -0.1) is 0 Å². The lowest BCUT2D eigenvalue weighted by molar-refractivity contribution is 0.213. The van der Waals surface area contributed by atoms with Crippen molar-refractivity contribution in [3.8, 4) is 5.75 Å². The fourth-order valence-electron chi connectivity index (χ4n) is 2.96. The molecule has 0 saturated heterocycles. The van der Waals surface area contributed by atoms with Gasteiger partial charge in [0.15, 0.2) is 5.75 Å². The van der Waals surface area contributed by atoms with Crippen LogP contribution in [0.3, 0.4) is 0 Å². The van der Waals surface area contributed by atoms with Gasteiger partial charge >= 0.3 is 0 Å². The second-order valence-electron chi connectivity index (χ2n) is 8.79. The van der Waals surface area contributed by atoms with Crippen molar-refractivity contribution in [1.82, 2.24) is 0 Å². The molecule has 0 aliphatic carbocycles. The van der Waals surface area contributed by atoms with Crippen molar-refractivity contribution < 1.29 is 4.84 Å². The number of benzene rings is 1. The first-order valence-electron chi connectivity index (χ1n) is 8.96. The van der Waals surface area contributed by atoms with Crippen molar-refractivity contribution in [2.45, 2.75) is 87.0 Å². The van der Waals surface area contributed by atoms with Crippen LogP contribution in [0.25, 0.3) is 6.08 Å². The van der Waals surface area contributed by atoms with Crippen molar-refractivity contribution in [1.29, 1.82) is 0 Å². The molecule has 0 aliphatic heterocycles. The molecule has 1 aromatic carbocycles. The predicted molar refractivity (Wildman–Crippen MR) is 109 cm³/mol. The molecule has 0 saturated carbocycles. The van der Waals surface area contributed by atoms with Crippen LogP contribution in [-0.2, 0) is 10.8 Å². The van der Waals surface area contributed by atoms with E-state index in [-0.39, 0.29) is 16.2 Å². The molecule has 138 valence electrons. The van der Waals surface area contributed by atoms with Crippen molar-refractivity contribution in [3.05, 3.63) is 34.9 Å². The summed E-state index contributed by atoms with van der Waals surface area (Å²) in [6.07, 6.45) is 1.83. The highest BCUT2D eigenvalue weighted by Gasteiger charge is 2.40. The lowest BCUT2D eigenvalue weighted by Gasteiger charge is -2.42. The summed E-state index contributed by atoms with van der Waals surface area (Å²) >= 11 is 0. The summed E-state index contributed by atoms with van der Waals surface area (Å²) < 4.78 is 0. The zero-order valence-corrected chi connectivity index (χ0v) is 17.8. The molecule has 2 nitrogen and oxygen atoms in total. The smallest absolute Gasteiger partial charge is 0.158 e. The molecule has 0 radical (unpaired) electrons. The summed E-state index contributed by atoms with van der Waals surface area (Å²) in [6.45, 7) is 28.1. The molecular formula is C22H39NO. The SMILES string of the molecule is C=Cc1cc(C(C)(C)C)c(C)c(C(C)(C)C(C)(C)C)c1ON.CC. The van der Waals surface area contributed by atoms with Gasteiger partial charge < -0.3 is 4.84 Å². The third-order valence-electron chi connectivity index (χ3n) is 5.21. The Labute approximate surface area is 150 Å². The van der Waals surface area contributed by atoms with E-state index in [1.165, 1.54) is 16.7 Å². The van der Waals surface area contributed by atoms with E-state index in [0.717, 1.165) is 11.3 Å². The molecule has 0 spiro atoms. The lowest BCUT2D eigenvalue weighted by atomic mass is 9.62. The molecule has 2 N–H and O–H groups in total. The van der Waals surface area contributed by atoms with Crippen LogP contribution in [-0.4, -0.2) is 0 Å². The molecule has 2 heteroatoms. The normalized spacial score (nSPS) is 12.3. The van der Waals surface area contributed by atoms with Gasteiger partial charge in [0.05, 0.1) is 0 Å². The van der Waals surface area contributed by atoms with Crippen LogP contribution in [0.4, 0.5) is 0 Å².